The molecule has 0 radical (unpaired) electrons. The molecule has 2 heterocycles. The van der Waals surface area contributed by atoms with Crippen LogP contribution in [0.2, 0.25) is 0 Å². The van der Waals surface area contributed by atoms with Crippen molar-refractivity contribution in [3.63, 3.8) is 0 Å². The van der Waals surface area contributed by atoms with E-state index in [0.29, 0.717) is 23.9 Å². The first kappa shape index (κ1) is 18.8. The van der Waals surface area contributed by atoms with E-state index in [4.69, 9.17) is 25.9 Å². The Morgan fingerprint density at radius 2 is 2.30 bits per heavy atom. The first-order valence-corrected chi connectivity index (χ1v) is 9.30. The summed E-state index contributed by atoms with van der Waals surface area (Å²) >= 11 is 1.54. The quantitative estimate of drug-likeness (QED) is 0.597. The van der Waals surface area contributed by atoms with Crippen LogP contribution in [0.5, 0.6) is 11.5 Å². The van der Waals surface area contributed by atoms with Crippen molar-refractivity contribution in [2.45, 2.75) is 26.3 Å². The highest BCUT2D eigenvalue weighted by Crippen LogP contribution is 2.39. The van der Waals surface area contributed by atoms with Gasteiger partial charge in [0.05, 0.1) is 18.6 Å². The van der Waals surface area contributed by atoms with E-state index in [-0.39, 0.29) is 12.6 Å². The van der Waals surface area contributed by atoms with Gasteiger partial charge in [-0.25, -0.2) is 9.98 Å². The number of rotatable bonds is 5. The number of ether oxygens (including phenoxy) is 2. The molecule has 9 heteroatoms. The van der Waals surface area contributed by atoms with E-state index in [9.17, 15) is 4.79 Å². The maximum atomic E-state index is 10.9. The van der Waals surface area contributed by atoms with Gasteiger partial charge in [0.2, 0.25) is 0 Å². The molecule has 1 aromatic carbocycles. The minimum Gasteiger partial charge on any atom is -0.492 e. The summed E-state index contributed by atoms with van der Waals surface area (Å²) in [7, 11) is 0. The molecule has 0 aliphatic carbocycles. The highest BCUT2D eigenvalue weighted by Gasteiger charge is 2.22. The minimum absolute atomic E-state index is 0.0768. The normalized spacial score (nSPS) is 13.8. The zero-order valence-electron chi connectivity index (χ0n) is 15.1. The lowest BCUT2D eigenvalue weighted by molar-refractivity contribution is -0.119. The van der Waals surface area contributed by atoms with Crippen molar-refractivity contribution in [1.29, 1.82) is 0 Å². The maximum absolute atomic E-state index is 10.9. The SMILES string of the molecule is CC(C)N=C(N=CN)c1nc2c(s1)CCOc1cc(OCC(N)=O)ccc1-2. The number of amidine groups is 1. The Morgan fingerprint density at radius 1 is 1.48 bits per heavy atom. The number of aliphatic imine (C=N–C) groups is 2. The number of hydrogen-bond acceptors (Lipinski definition) is 6. The number of primary amides is 1. The standard InChI is InChI=1S/C18H21N5O3S/c1-10(2)22-17(21-9-19)18-23-16-12-4-3-11(26-8-15(20)24)7-13(12)25-6-5-14(16)27-18/h3-4,7,9-10H,5-6,8H2,1-2H3,(H2,20,24)(H2,19,21,22). The molecule has 27 heavy (non-hydrogen) atoms. The number of hydrogen-bond donors (Lipinski definition) is 2. The van der Waals surface area contributed by atoms with Gasteiger partial charge in [0.15, 0.2) is 17.5 Å². The molecule has 8 nitrogen and oxygen atoms in total. The van der Waals surface area contributed by atoms with Crippen molar-refractivity contribution in [1.82, 2.24) is 4.98 Å². The highest BCUT2D eigenvalue weighted by atomic mass is 32.1. The van der Waals surface area contributed by atoms with Crippen LogP contribution in [0.4, 0.5) is 0 Å². The molecule has 0 atom stereocenters. The third kappa shape index (κ3) is 4.43. The van der Waals surface area contributed by atoms with E-state index in [1.165, 1.54) is 17.7 Å². The van der Waals surface area contributed by atoms with E-state index < -0.39 is 5.91 Å². The molecule has 2 aromatic rings. The number of nitrogens with zero attached hydrogens (tertiary/aromatic N) is 3. The second-order valence-electron chi connectivity index (χ2n) is 6.13. The van der Waals surface area contributed by atoms with Crippen LogP contribution in [0, 0.1) is 0 Å². The minimum atomic E-state index is -0.533. The summed E-state index contributed by atoms with van der Waals surface area (Å²) in [4.78, 5) is 25.4. The molecule has 1 aromatic heterocycles. The number of carbonyl (C=O) groups excluding carboxylic acids is 1. The molecular weight excluding hydrogens is 366 g/mol. The largest absolute Gasteiger partial charge is 0.492 e. The van der Waals surface area contributed by atoms with Crippen molar-refractivity contribution in [3.8, 4) is 22.8 Å². The number of thiazole rings is 1. The van der Waals surface area contributed by atoms with E-state index in [1.807, 2.05) is 19.9 Å². The van der Waals surface area contributed by atoms with E-state index in [2.05, 4.69) is 9.98 Å². The van der Waals surface area contributed by atoms with Crippen molar-refractivity contribution >= 4 is 29.4 Å². The van der Waals surface area contributed by atoms with Crippen molar-refractivity contribution in [2.75, 3.05) is 13.2 Å². The van der Waals surface area contributed by atoms with Crippen LogP contribution in [0.1, 0.15) is 23.7 Å². The topological polar surface area (TPSA) is 125 Å². The Labute approximate surface area is 160 Å². The van der Waals surface area contributed by atoms with Crippen molar-refractivity contribution in [3.05, 3.63) is 28.1 Å². The summed E-state index contributed by atoms with van der Waals surface area (Å²) in [5.41, 5.74) is 12.3. The molecule has 142 valence electrons. The number of benzene rings is 1. The molecule has 0 saturated heterocycles. The van der Waals surface area contributed by atoms with Gasteiger partial charge in [-0.2, -0.15) is 0 Å². The van der Waals surface area contributed by atoms with Gasteiger partial charge in [-0.3, -0.25) is 9.79 Å². The van der Waals surface area contributed by atoms with Crippen molar-refractivity contribution < 1.29 is 14.3 Å². The monoisotopic (exact) mass is 387 g/mol. The lowest BCUT2D eigenvalue weighted by atomic mass is 10.1. The molecule has 1 aliphatic heterocycles. The zero-order valence-corrected chi connectivity index (χ0v) is 16.0. The molecule has 3 rings (SSSR count). The fraction of sp³-hybridized carbons (Fsp3) is 0.333. The van der Waals surface area contributed by atoms with E-state index in [0.717, 1.165) is 27.6 Å². The fourth-order valence-corrected chi connectivity index (χ4v) is 3.61. The Bertz CT molecular complexity index is 904. The van der Waals surface area contributed by atoms with Crippen LogP contribution in [0.15, 0.2) is 28.2 Å². The Kier molecular flexibility index (Phi) is 5.70. The van der Waals surface area contributed by atoms with Crippen LogP contribution < -0.4 is 20.9 Å². The van der Waals surface area contributed by atoms with Crippen LogP contribution in [-0.2, 0) is 11.2 Å². The number of aromatic nitrogens is 1. The van der Waals surface area contributed by atoms with Gasteiger partial charge in [0.25, 0.3) is 5.91 Å². The maximum Gasteiger partial charge on any atom is 0.255 e. The van der Waals surface area contributed by atoms with Gasteiger partial charge >= 0.3 is 0 Å². The molecule has 1 amide bonds. The third-order valence-electron chi connectivity index (χ3n) is 3.64. The van der Waals surface area contributed by atoms with E-state index >= 15 is 0 Å². The van der Waals surface area contributed by atoms with Gasteiger partial charge in [0.1, 0.15) is 11.5 Å². The molecule has 0 spiro atoms. The molecule has 4 N–H and O–H groups in total. The van der Waals surface area contributed by atoms with E-state index in [1.54, 1.807) is 12.1 Å². The number of nitrogens with two attached hydrogens (primary N) is 2. The van der Waals surface area contributed by atoms with Crippen LogP contribution in [0.3, 0.4) is 0 Å². The van der Waals surface area contributed by atoms with Gasteiger partial charge in [-0.15, -0.1) is 11.3 Å². The smallest absolute Gasteiger partial charge is 0.255 e. The summed E-state index contributed by atoms with van der Waals surface area (Å²) in [5, 5.41) is 0.720. The average Bonchev–Trinajstić information content (AvgIpc) is 2.96. The Balaban J connectivity index is 1.99. The second-order valence-corrected chi connectivity index (χ2v) is 7.21. The summed E-state index contributed by atoms with van der Waals surface area (Å²) in [6.45, 7) is 4.28. The molecule has 0 bridgehead atoms. The number of amides is 1. The third-order valence-corrected chi connectivity index (χ3v) is 4.75. The summed E-state index contributed by atoms with van der Waals surface area (Å²) in [6, 6.07) is 5.45. The first-order valence-electron chi connectivity index (χ1n) is 8.48. The van der Waals surface area contributed by atoms with Crippen molar-refractivity contribution in [2.24, 2.45) is 21.5 Å². The molecule has 0 fully saturated rings. The number of fused-ring (bicyclic) bond motifs is 3. The summed E-state index contributed by atoms with van der Waals surface area (Å²) in [5.74, 6) is 1.16. The number of carbonyl (C=O) groups is 1. The lowest BCUT2D eigenvalue weighted by Crippen LogP contribution is -2.20. The highest BCUT2D eigenvalue weighted by molar-refractivity contribution is 7.14. The van der Waals surface area contributed by atoms with Crippen LogP contribution in [0.25, 0.3) is 11.3 Å². The van der Waals surface area contributed by atoms with Gasteiger partial charge < -0.3 is 20.9 Å². The zero-order chi connectivity index (χ0) is 19.4. The average molecular weight is 387 g/mol. The second kappa shape index (κ2) is 8.17. The lowest BCUT2D eigenvalue weighted by Gasteiger charge is -2.10. The Morgan fingerprint density at radius 3 is 3.00 bits per heavy atom. The Hall–Kier alpha value is -2.94. The van der Waals surface area contributed by atoms with Crippen LogP contribution in [-0.4, -0.2) is 42.3 Å². The summed E-state index contributed by atoms with van der Waals surface area (Å²) < 4.78 is 11.2. The fourth-order valence-electron chi connectivity index (χ4n) is 2.60. The predicted octanol–water partition coefficient (Wildman–Crippen LogP) is 1.75. The van der Waals surface area contributed by atoms with Gasteiger partial charge in [0, 0.05) is 29.0 Å². The molecule has 1 aliphatic rings. The predicted molar refractivity (Wildman–Crippen MR) is 106 cm³/mol. The molecule has 0 unspecified atom stereocenters. The molecule has 0 saturated carbocycles. The van der Waals surface area contributed by atoms with Crippen LogP contribution >= 0.6 is 11.3 Å². The van der Waals surface area contributed by atoms with Gasteiger partial charge in [-0.05, 0) is 26.0 Å². The van der Waals surface area contributed by atoms with Gasteiger partial charge in [-0.1, -0.05) is 0 Å². The summed E-state index contributed by atoms with van der Waals surface area (Å²) in [6.07, 6.45) is 1.95. The molecular formula is C18H21N5O3S. The first-order chi connectivity index (χ1) is 13.0.